The minimum absolute atomic E-state index is 0.214. The third-order valence-corrected chi connectivity index (χ3v) is 4.00. The van der Waals surface area contributed by atoms with Crippen molar-refractivity contribution in [2.45, 2.75) is 13.0 Å². The highest BCUT2D eigenvalue weighted by Crippen LogP contribution is 2.25. The van der Waals surface area contributed by atoms with Gasteiger partial charge in [-0.05, 0) is 24.4 Å². The molecule has 0 amide bonds. The fourth-order valence-corrected chi connectivity index (χ4v) is 2.49. The lowest BCUT2D eigenvalue weighted by Gasteiger charge is -2.24. The SMILES string of the molecule is CC(c1cccs1)N(C)c1nccc(C(N)=S)n1. The molecule has 4 nitrogen and oxygen atoms in total. The largest absolute Gasteiger partial charge is 0.388 e. The predicted octanol–water partition coefficient (Wildman–Crippen LogP) is 2.37. The number of aromatic nitrogens is 2. The molecule has 2 aromatic heterocycles. The summed E-state index contributed by atoms with van der Waals surface area (Å²) < 4.78 is 0. The van der Waals surface area contributed by atoms with Gasteiger partial charge < -0.3 is 10.6 Å². The van der Waals surface area contributed by atoms with Crippen molar-refractivity contribution in [3.8, 4) is 0 Å². The fourth-order valence-electron chi connectivity index (χ4n) is 1.55. The Bertz CT molecular complexity index is 539. The van der Waals surface area contributed by atoms with Crippen molar-refractivity contribution in [1.82, 2.24) is 9.97 Å². The number of nitrogens with two attached hydrogens (primary N) is 1. The number of thiophene rings is 1. The lowest BCUT2D eigenvalue weighted by molar-refractivity contribution is 0.727. The molecule has 2 rings (SSSR count). The molecule has 18 heavy (non-hydrogen) atoms. The first kappa shape index (κ1) is 12.9. The van der Waals surface area contributed by atoms with Crippen LogP contribution in [0, 0.1) is 0 Å². The summed E-state index contributed by atoms with van der Waals surface area (Å²) in [5, 5.41) is 2.06. The zero-order valence-corrected chi connectivity index (χ0v) is 11.8. The normalized spacial score (nSPS) is 12.1. The summed E-state index contributed by atoms with van der Waals surface area (Å²) in [5.41, 5.74) is 6.18. The van der Waals surface area contributed by atoms with Crippen molar-refractivity contribution < 1.29 is 0 Å². The third kappa shape index (κ3) is 2.65. The van der Waals surface area contributed by atoms with Crippen molar-refractivity contribution in [3.05, 3.63) is 40.3 Å². The number of anilines is 1. The second-order valence-corrected chi connectivity index (χ2v) is 5.33. The Labute approximate surface area is 115 Å². The second kappa shape index (κ2) is 5.41. The van der Waals surface area contributed by atoms with E-state index in [2.05, 4.69) is 28.3 Å². The molecule has 0 saturated carbocycles. The molecule has 0 aromatic carbocycles. The van der Waals surface area contributed by atoms with Crippen LogP contribution in [0.2, 0.25) is 0 Å². The van der Waals surface area contributed by atoms with Crippen LogP contribution in [0.15, 0.2) is 29.8 Å². The Hall–Kier alpha value is -1.53. The van der Waals surface area contributed by atoms with Crippen molar-refractivity contribution in [2.24, 2.45) is 5.73 Å². The maximum Gasteiger partial charge on any atom is 0.226 e. The van der Waals surface area contributed by atoms with E-state index in [1.807, 2.05) is 18.0 Å². The summed E-state index contributed by atoms with van der Waals surface area (Å²) in [6.07, 6.45) is 1.68. The first-order chi connectivity index (χ1) is 8.59. The highest BCUT2D eigenvalue weighted by atomic mass is 32.1. The molecular weight excluding hydrogens is 264 g/mol. The molecule has 0 saturated heterocycles. The van der Waals surface area contributed by atoms with Gasteiger partial charge in [0.25, 0.3) is 0 Å². The lowest BCUT2D eigenvalue weighted by atomic mass is 10.2. The Kier molecular flexibility index (Phi) is 3.88. The first-order valence-corrected chi connectivity index (χ1v) is 6.77. The summed E-state index contributed by atoms with van der Waals surface area (Å²) >= 11 is 6.64. The van der Waals surface area contributed by atoms with E-state index >= 15 is 0 Å². The maximum absolute atomic E-state index is 5.58. The topological polar surface area (TPSA) is 55.0 Å². The van der Waals surface area contributed by atoms with E-state index < -0.39 is 0 Å². The Morgan fingerprint density at radius 1 is 1.50 bits per heavy atom. The molecule has 0 fully saturated rings. The molecule has 0 aliphatic rings. The van der Waals surface area contributed by atoms with Gasteiger partial charge in [-0.15, -0.1) is 11.3 Å². The summed E-state index contributed by atoms with van der Waals surface area (Å²) in [6, 6.07) is 6.07. The molecule has 94 valence electrons. The van der Waals surface area contributed by atoms with Crippen LogP contribution in [0.1, 0.15) is 23.5 Å². The van der Waals surface area contributed by atoms with Crippen LogP contribution in [0.4, 0.5) is 5.95 Å². The molecule has 1 unspecified atom stereocenters. The van der Waals surface area contributed by atoms with Gasteiger partial charge >= 0.3 is 0 Å². The minimum Gasteiger partial charge on any atom is -0.388 e. The minimum atomic E-state index is 0.214. The van der Waals surface area contributed by atoms with Crippen LogP contribution in [-0.4, -0.2) is 22.0 Å². The van der Waals surface area contributed by atoms with Gasteiger partial charge in [-0.1, -0.05) is 18.3 Å². The number of nitrogens with zero attached hydrogens (tertiary/aromatic N) is 3. The molecule has 0 spiro atoms. The van der Waals surface area contributed by atoms with Gasteiger partial charge in [0.1, 0.15) is 10.7 Å². The van der Waals surface area contributed by atoms with Gasteiger partial charge in [0.2, 0.25) is 5.95 Å². The number of hydrogen-bond acceptors (Lipinski definition) is 5. The van der Waals surface area contributed by atoms with Crippen LogP contribution < -0.4 is 10.6 Å². The van der Waals surface area contributed by atoms with Crippen LogP contribution in [-0.2, 0) is 0 Å². The van der Waals surface area contributed by atoms with Gasteiger partial charge in [0.05, 0.1) is 6.04 Å². The fraction of sp³-hybridized carbons (Fsp3) is 0.250. The van der Waals surface area contributed by atoms with E-state index in [-0.39, 0.29) is 11.0 Å². The van der Waals surface area contributed by atoms with Crippen LogP contribution in [0.25, 0.3) is 0 Å². The summed E-state index contributed by atoms with van der Waals surface area (Å²) in [4.78, 5) is 12.2. The van der Waals surface area contributed by atoms with Crippen molar-refractivity contribution in [1.29, 1.82) is 0 Å². The molecule has 1 atom stereocenters. The van der Waals surface area contributed by atoms with Crippen molar-refractivity contribution >= 4 is 34.5 Å². The summed E-state index contributed by atoms with van der Waals surface area (Å²) in [6.45, 7) is 2.11. The Balaban J connectivity index is 2.25. The molecule has 2 N–H and O–H groups in total. The molecule has 2 heterocycles. The smallest absolute Gasteiger partial charge is 0.226 e. The third-order valence-electron chi connectivity index (χ3n) is 2.75. The Morgan fingerprint density at radius 3 is 2.89 bits per heavy atom. The van der Waals surface area contributed by atoms with Gasteiger partial charge in [-0.25, -0.2) is 9.97 Å². The summed E-state index contributed by atoms with van der Waals surface area (Å²) in [7, 11) is 1.96. The monoisotopic (exact) mass is 278 g/mol. The predicted molar refractivity (Wildman–Crippen MR) is 79.1 cm³/mol. The zero-order chi connectivity index (χ0) is 13.1. The van der Waals surface area contributed by atoms with Crippen LogP contribution >= 0.6 is 23.6 Å². The van der Waals surface area contributed by atoms with Gasteiger partial charge in [0, 0.05) is 18.1 Å². The highest BCUT2D eigenvalue weighted by molar-refractivity contribution is 7.80. The first-order valence-electron chi connectivity index (χ1n) is 5.48. The van der Waals surface area contributed by atoms with Crippen molar-refractivity contribution in [3.63, 3.8) is 0 Å². The van der Waals surface area contributed by atoms with E-state index in [4.69, 9.17) is 18.0 Å². The zero-order valence-electron chi connectivity index (χ0n) is 10.2. The molecule has 0 aliphatic heterocycles. The van der Waals surface area contributed by atoms with E-state index in [9.17, 15) is 0 Å². The maximum atomic E-state index is 5.58. The molecule has 0 aliphatic carbocycles. The quantitative estimate of drug-likeness (QED) is 0.870. The number of thiocarbonyl (C=S) groups is 1. The lowest BCUT2D eigenvalue weighted by Crippen LogP contribution is -2.24. The average Bonchev–Trinajstić information content (AvgIpc) is 2.91. The molecule has 0 bridgehead atoms. The molecular formula is C12H14N4S2. The highest BCUT2D eigenvalue weighted by Gasteiger charge is 2.15. The molecule has 6 heteroatoms. The van der Waals surface area contributed by atoms with E-state index in [1.165, 1.54) is 4.88 Å². The summed E-state index contributed by atoms with van der Waals surface area (Å²) in [5.74, 6) is 0.626. The van der Waals surface area contributed by atoms with Gasteiger partial charge in [-0.3, -0.25) is 0 Å². The van der Waals surface area contributed by atoms with E-state index in [0.29, 0.717) is 11.6 Å². The Morgan fingerprint density at radius 2 is 2.28 bits per heavy atom. The van der Waals surface area contributed by atoms with E-state index in [1.54, 1.807) is 23.6 Å². The van der Waals surface area contributed by atoms with Gasteiger partial charge in [-0.2, -0.15) is 0 Å². The van der Waals surface area contributed by atoms with Crippen LogP contribution in [0.5, 0.6) is 0 Å². The number of hydrogen-bond donors (Lipinski definition) is 1. The van der Waals surface area contributed by atoms with Crippen LogP contribution in [0.3, 0.4) is 0 Å². The molecule has 0 radical (unpaired) electrons. The molecule has 2 aromatic rings. The second-order valence-electron chi connectivity index (χ2n) is 3.91. The average molecular weight is 278 g/mol. The standard InChI is InChI=1S/C12H14N4S2/c1-8(10-4-3-7-18-10)16(2)12-14-6-5-9(15-12)11(13)17/h3-8H,1-2H3,(H2,13,17). The van der Waals surface area contributed by atoms with Crippen molar-refractivity contribution in [2.75, 3.05) is 11.9 Å². The van der Waals surface area contributed by atoms with E-state index in [0.717, 1.165) is 0 Å². The van der Waals surface area contributed by atoms with Gasteiger partial charge in [0.15, 0.2) is 0 Å². The number of rotatable bonds is 4.